The number of esters is 1. The molecule has 0 saturated carbocycles. The SMILES string of the molecule is CC(C)[C@H](N)C(=O)NC(Cc1ccccc1)C(O)[C@@H](N)C(C(=O)OCc1ccccc1)c1ccccc1. The summed E-state index contributed by atoms with van der Waals surface area (Å²) in [6.45, 7) is 3.79. The van der Waals surface area contributed by atoms with Crippen LogP contribution in [0.1, 0.15) is 36.5 Å². The third-order valence-corrected chi connectivity index (χ3v) is 6.48. The highest BCUT2D eigenvalue weighted by molar-refractivity contribution is 5.82. The Morgan fingerprint density at radius 2 is 1.35 bits per heavy atom. The highest BCUT2D eigenvalue weighted by Gasteiger charge is 2.38. The first-order valence-corrected chi connectivity index (χ1v) is 12.6. The summed E-state index contributed by atoms with van der Waals surface area (Å²) in [5.41, 5.74) is 15.0. The molecule has 0 radical (unpaired) electrons. The Morgan fingerprint density at radius 1 is 0.838 bits per heavy atom. The lowest BCUT2D eigenvalue weighted by atomic mass is 9.84. The van der Waals surface area contributed by atoms with Crippen molar-refractivity contribution in [1.82, 2.24) is 5.32 Å². The maximum Gasteiger partial charge on any atom is 0.315 e. The highest BCUT2D eigenvalue weighted by Crippen LogP contribution is 2.25. The molecule has 196 valence electrons. The van der Waals surface area contributed by atoms with E-state index in [0.717, 1.165) is 11.1 Å². The summed E-state index contributed by atoms with van der Waals surface area (Å²) in [5, 5.41) is 14.4. The number of carbonyl (C=O) groups excluding carboxylic acids is 2. The summed E-state index contributed by atoms with van der Waals surface area (Å²) < 4.78 is 5.63. The lowest BCUT2D eigenvalue weighted by molar-refractivity contribution is -0.148. The minimum absolute atomic E-state index is 0.0826. The molecular weight excluding hydrogens is 466 g/mol. The average Bonchev–Trinajstić information content (AvgIpc) is 2.92. The Kier molecular flexibility index (Phi) is 10.4. The first-order chi connectivity index (χ1) is 17.8. The van der Waals surface area contributed by atoms with Gasteiger partial charge in [0.2, 0.25) is 5.91 Å². The van der Waals surface area contributed by atoms with Crippen molar-refractivity contribution in [2.24, 2.45) is 17.4 Å². The van der Waals surface area contributed by atoms with Gasteiger partial charge in [-0.2, -0.15) is 0 Å². The predicted molar refractivity (Wildman–Crippen MR) is 144 cm³/mol. The van der Waals surface area contributed by atoms with Gasteiger partial charge in [-0.05, 0) is 29.0 Å². The molecule has 7 heteroatoms. The van der Waals surface area contributed by atoms with E-state index < -0.39 is 36.1 Å². The zero-order valence-corrected chi connectivity index (χ0v) is 21.4. The number of aliphatic hydroxyl groups excluding tert-OH is 1. The maximum absolute atomic E-state index is 13.3. The largest absolute Gasteiger partial charge is 0.460 e. The van der Waals surface area contributed by atoms with Gasteiger partial charge in [0.05, 0.1) is 24.1 Å². The van der Waals surface area contributed by atoms with E-state index in [1.165, 1.54) is 0 Å². The smallest absolute Gasteiger partial charge is 0.315 e. The number of hydrogen-bond acceptors (Lipinski definition) is 6. The van der Waals surface area contributed by atoms with E-state index in [-0.39, 0.29) is 18.4 Å². The molecule has 0 aromatic heterocycles. The van der Waals surface area contributed by atoms with Gasteiger partial charge in [0.1, 0.15) is 6.61 Å². The van der Waals surface area contributed by atoms with Crippen LogP contribution in [0.25, 0.3) is 0 Å². The van der Waals surface area contributed by atoms with Gasteiger partial charge in [-0.15, -0.1) is 0 Å². The van der Waals surface area contributed by atoms with Gasteiger partial charge >= 0.3 is 5.97 Å². The van der Waals surface area contributed by atoms with Crippen LogP contribution in [-0.4, -0.2) is 41.2 Å². The molecule has 3 rings (SSSR count). The molecular formula is C30H37N3O4. The van der Waals surface area contributed by atoms with Crippen molar-refractivity contribution in [1.29, 1.82) is 0 Å². The Balaban J connectivity index is 1.86. The van der Waals surface area contributed by atoms with Crippen LogP contribution in [0.3, 0.4) is 0 Å². The monoisotopic (exact) mass is 503 g/mol. The van der Waals surface area contributed by atoms with Crippen LogP contribution >= 0.6 is 0 Å². The molecule has 0 spiro atoms. The van der Waals surface area contributed by atoms with E-state index >= 15 is 0 Å². The first kappa shape index (κ1) is 28.1. The predicted octanol–water partition coefficient (Wildman–Crippen LogP) is 2.91. The molecule has 0 aliphatic rings. The first-order valence-electron chi connectivity index (χ1n) is 12.6. The Morgan fingerprint density at radius 3 is 1.89 bits per heavy atom. The summed E-state index contributed by atoms with van der Waals surface area (Å²) in [6.07, 6.45) is -0.953. The van der Waals surface area contributed by atoms with Crippen LogP contribution in [0.5, 0.6) is 0 Å². The molecule has 3 aromatic rings. The van der Waals surface area contributed by atoms with Crippen molar-refractivity contribution in [3.05, 3.63) is 108 Å². The van der Waals surface area contributed by atoms with Gasteiger partial charge in [-0.1, -0.05) is 105 Å². The zero-order chi connectivity index (χ0) is 26.8. The van der Waals surface area contributed by atoms with E-state index in [0.29, 0.717) is 12.0 Å². The number of rotatable bonds is 12. The van der Waals surface area contributed by atoms with Crippen LogP contribution in [0.15, 0.2) is 91.0 Å². The average molecular weight is 504 g/mol. The number of amides is 1. The molecule has 3 unspecified atom stereocenters. The lowest BCUT2D eigenvalue weighted by Crippen LogP contribution is -2.58. The van der Waals surface area contributed by atoms with Crippen molar-refractivity contribution in [3.8, 4) is 0 Å². The summed E-state index contributed by atoms with van der Waals surface area (Å²) >= 11 is 0. The quantitative estimate of drug-likeness (QED) is 0.282. The second-order valence-corrected chi connectivity index (χ2v) is 9.62. The van der Waals surface area contributed by atoms with Crippen LogP contribution in [0.2, 0.25) is 0 Å². The minimum atomic E-state index is -1.27. The Labute approximate surface area is 218 Å². The molecule has 0 saturated heterocycles. The van der Waals surface area contributed by atoms with Crippen molar-refractivity contribution < 1.29 is 19.4 Å². The molecule has 6 N–H and O–H groups in total. The molecule has 7 nitrogen and oxygen atoms in total. The molecule has 37 heavy (non-hydrogen) atoms. The van der Waals surface area contributed by atoms with Crippen LogP contribution in [0.4, 0.5) is 0 Å². The second-order valence-electron chi connectivity index (χ2n) is 9.62. The number of benzene rings is 3. The molecule has 0 fully saturated rings. The van der Waals surface area contributed by atoms with Crippen molar-refractivity contribution in [3.63, 3.8) is 0 Å². The molecule has 0 bridgehead atoms. The fourth-order valence-electron chi connectivity index (χ4n) is 4.17. The number of hydrogen-bond donors (Lipinski definition) is 4. The molecule has 1 amide bonds. The number of nitrogens with one attached hydrogen (secondary N) is 1. The summed E-state index contributed by atoms with van der Waals surface area (Å²) in [6, 6.07) is 25.2. The van der Waals surface area contributed by atoms with Crippen molar-refractivity contribution in [2.45, 2.75) is 57.0 Å². The van der Waals surface area contributed by atoms with E-state index in [2.05, 4.69) is 5.32 Å². The van der Waals surface area contributed by atoms with Gasteiger partial charge < -0.3 is 26.6 Å². The van der Waals surface area contributed by atoms with E-state index in [4.69, 9.17) is 16.2 Å². The second kappa shape index (κ2) is 13.7. The summed E-state index contributed by atoms with van der Waals surface area (Å²) in [7, 11) is 0. The Hall–Kier alpha value is -3.52. The lowest BCUT2D eigenvalue weighted by Gasteiger charge is -2.33. The van der Waals surface area contributed by atoms with E-state index in [1.807, 2.05) is 80.6 Å². The topological polar surface area (TPSA) is 128 Å². The molecule has 5 atom stereocenters. The molecule has 0 heterocycles. The third kappa shape index (κ3) is 7.98. The Bertz CT molecular complexity index is 1110. The third-order valence-electron chi connectivity index (χ3n) is 6.48. The van der Waals surface area contributed by atoms with Gasteiger partial charge in [0.25, 0.3) is 0 Å². The number of ether oxygens (including phenoxy) is 1. The van der Waals surface area contributed by atoms with Crippen molar-refractivity contribution in [2.75, 3.05) is 0 Å². The zero-order valence-electron chi connectivity index (χ0n) is 21.4. The molecule has 3 aromatic carbocycles. The summed E-state index contributed by atoms with van der Waals surface area (Å²) in [5.74, 6) is -1.97. The number of carbonyl (C=O) groups is 2. The fraction of sp³-hybridized carbons (Fsp3) is 0.333. The normalized spacial score (nSPS) is 15.3. The number of nitrogens with two attached hydrogens (primary N) is 2. The molecule has 0 aliphatic carbocycles. The van der Waals surface area contributed by atoms with Crippen LogP contribution in [0, 0.1) is 5.92 Å². The van der Waals surface area contributed by atoms with Crippen LogP contribution in [-0.2, 0) is 27.4 Å². The van der Waals surface area contributed by atoms with Gasteiger partial charge in [-0.25, -0.2) is 0 Å². The minimum Gasteiger partial charge on any atom is -0.460 e. The van der Waals surface area contributed by atoms with Crippen LogP contribution < -0.4 is 16.8 Å². The van der Waals surface area contributed by atoms with Crippen molar-refractivity contribution >= 4 is 11.9 Å². The van der Waals surface area contributed by atoms with Gasteiger partial charge in [0.15, 0.2) is 0 Å². The standard InChI is InChI=1S/C30H37N3O4/c1-20(2)26(31)29(35)33-24(18-21-12-6-3-7-13-21)28(34)27(32)25(23-16-10-5-11-17-23)30(36)37-19-22-14-8-4-9-15-22/h3-17,20,24-28,34H,18-19,31-32H2,1-2H3,(H,33,35)/t24?,25?,26-,27-,28?/m0/s1. The van der Waals surface area contributed by atoms with Gasteiger partial charge in [-0.3, -0.25) is 9.59 Å². The van der Waals surface area contributed by atoms with E-state index in [9.17, 15) is 14.7 Å². The van der Waals surface area contributed by atoms with Gasteiger partial charge in [0, 0.05) is 6.04 Å². The summed E-state index contributed by atoms with van der Waals surface area (Å²) in [4.78, 5) is 26.2. The maximum atomic E-state index is 13.3. The van der Waals surface area contributed by atoms with E-state index in [1.54, 1.807) is 24.3 Å². The number of aliphatic hydroxyl groups is 1. The molecule has 0 aliphatic heterocycles. The fourth-order valence-corrected chi connectivity index (χ4v) is 4.17. The highest BCUT2D eigenvalue weighted by atomic mass is 16.5.